The molecule has 0 saturated heterocycles. The van der Waals surface area contributed by atoms with E-state index in [-0.39, 0.29) is 29.3 Å². The van der Waals surface area contributed by atoms with Crippen LogP contribution in [0, 0.1) is 0 Å². The summed E-state index contributed by atoms with van der Waals surface area (Å²) in [5.41, 5.74) is -0.151. The summed E-state index contributed by atoms with van der Waals surface area (Å²) in [5, 5.41) is 49.1. The first-order valence-corrected chi connectivity index (χ1v) is 7.56. The quantitative estimate of drug-likeness (QED) is 0.531. The van der Waals surface area contributed by atoms with Crippen LogP contribution in [0.4, 0.5) is 0 Å². The summed E-state index contributed by atoms with van der Waals surface area (Å²) in [6.45, 7) is 0. The lowest BCUT2D eigenvalue weighted by Crippen LogP contribution is -2.44. The maximum absolute atomic E-state index is 12.2. The normalized spacial score (nSPS) is 26.2. The number of phenols is 1. The molecule has 4 unspecified atom stereocenters. The molecular weight excluding hydrogens is 316 g/mol. The SMILES string of the molecule is O=c1cc(CCc2ccccc2O)oc2c1C(O)C(O)C(O)C2O. The summed E-state index contributed by atoms with van der Waals surface area (Å²) in [6, 6.07) is 7.94. The molecule has 24 heavy (non-hydrogen) atoms. The van der Waals surface area contributed by atoms with Crippen LogP contribution in [0.2, 0.25) is 0 Å². The van der Waals surface area contributed by atoms with Gasteiger partial charge in [0.25, 0.3) is 0 Å². The van der Waals surface area contributed by atoms with E-state index in [0.29, 0.717) is 12.0 Å². The minimum absolute atomic E-state index is 0.131. The first-order valence-electron chi connectivity index (χ1n) is 7.56. The number of phenolic OH excluding ortho intramolecular Hbond substituents is 1. The summed E-state index contributed by atoms with van der Waals surface area (Å²) in [6.07, 6.45) is -5.86. The number of benzene rings is 1. The van der Waals surface area contributed by atoms with Crippen molar-refractivity contribution in [2.45, 2.75) is 37.3 Å². The zero-order chi connectivity index (χ0) is 17.4. The number of para-hydroxylation sites is 1. The molecule has 0 saturated carbocycles. The van der Waals surface area contributed by atoms with Crippen molar-refractivity contribution in [3.8, 4) is 5.75 Å². The van der Waals surface area contributed by atoms with Crippen LogP contribution in [0.5, 0.6) is 5.75 Å². The Morgan fingerprint density at radius 1 is 0.958 bits per heavy atom. The fraction of sp³-hybridized carbons (Fsp3) is 0.353. The van der Waals surface area contributed by atoms with Crippen molar-refractivity contribution in [3.05, 3.63) is 63.2 Å². The molecule has 2 aromatic rings. The average Bonchev–Trinajstić information content (AvgIpc) is 2.57. The molecule has 0 radical (unpaired) electrons. The zero-order valence-corrected chi connectivity index (χ0v) is 12.7. The second-order valence-electron chi connectivity index (χ2n) is 5.85. The highest BCUT2D eigenvalue weighted by Gasteiger charge is 2.43. The molecule has 0 fully saturated rings. The Labute approximate surface area is 137 Å². The van der Waals surface area contributed by atoms with E-state index in [4.69, 9.17) is 4.42 Å². The number of aryl methyl sites for hydroxylation is 2. The molecule has 0 spiro atoms. The van der Waals surface area contributed by atoms with Crippen LogP contribution >= 0.6 is 0 Å². The molecule has 4 atom stereocenters. The molecule has 1 heterocycles. The Kier molecular flexibility index (Phi) is 4.42. The number of hydrogen-bond donors (Lipinski definition) is 5. The van der Waals surface area contributed by atoms with Crippen molar-refractivity contribution in [2.24, 2.45) is 0 Å². The van der Waals surface area contributed by atoms with Crippen LogP contribution in [-0.4, -0.2) is 37.7 Å². The summed E-state index contributed by atoms with van der Waals surface area (Å²) < 4.78 is 5.48. The van der Waals surface area contributed by atoms with Crippen LogP contribution in [0.25, 0.3) is 0 Å². The lowest BCUT2D eigenvalue weighted by Gasteiger charge is -2.32. The van der Waals surface area contributed by atoms with Crippen molar-refractivity contribution in [1.29, 1.82) is 0 Å². The minimum Gasteiger partial charge on any atom is -0.508 e. The van der Waals surface area contributed by atoms with E-state index in [1.807, 2.05) is 0 Å². The average molecular weight is 334 g/mol. The second-order valence-corrected chi connectivity index (χ2v) is 5.85. The molecule has 1 aliphatic rings. The van der Waals surface area contributed by atoms with Crippen LogP contribution in [0.15, 0.2) is 39.5 Å². The smallest absolute Gasteiger partial charge is 0.191 e. The number of hydrogen-bond acceptors (Lipinski definition) is 7. The van der Waals surface area contributed by atoms with E-state index >= 15 is 0 Å². The van der Waals surface area contributed by atoms with Gasteiger partial charge in [-0.2, -0.15) is 0 Å². The van der Waals surface area contributed by atoms with Gasteiger partial charge in [-0.05, 0) is 18.1 Å². The Morgan fingerprint density at radius 2 is 1.62 bits per heavy atom. The van der Waals surface area contributed by atoms with Crippen molar-refractivity contribution < 1.29 is 29.9 Å². The molecular formula is C17H18O7. The first-order chi connectivity index (χ1) is 11.4. The van der Waals surface area contributed by atoms with Gasteiger partial charge in [0.1, 0.15) is 41.7 Å². The molecule has 1 aromatic heterocycles. The highest BCUT2D eigenvalue weighted by molar-refractivity contribution is 5.33. The molecule has 0 bridgehead atoms. The summed E-state index contributed by atoms with van der Waals surface area (Å²) >= 11 is 0. The highest BCUT2D eigenvalue weighted by Crippen LogP contribution is 2.35. The van der Waals surface area contributed by atoms with Crippen molar-refractivity contribution in [1.82, 2.24) is 0 Å². The van der Waals surface area contributed by atoms with Gasteiger partial charge in [0.15, 0.2) is 5.43 Å². The standard InChI is InChI=1S/C17H18O7/c18-10-4-2-1-3-8(10)5-6-9-7-11(19)12-13(20)14(21)15(22)16(23)17(12)24-9/h1-4,7,13-16,18,20-23H,5-6H2. The van der Waals surface area contributed by atoms with E-state index < -0.39 is 29.8 Å². The molecule has 0 amide bonds. The monoisotopic (exact) mass is 334 g/mol. The maximum atomic E-state index is 12.2. The van der Waals surface area contributed by atoms with Crippen LogP contribution in [0.1, 0.15) is 34.9 Å². The third-order valence-electron chi connectivity index (χ3n) is 4.26. The van der Waals surface area contributed by atoms with Gasteiger partial charge in [0, 0.05) is 12.5 Å². The van der Waals surface area contributed by atoms with Gasteiger partial charge in [-0.1, -0.05) is 18.2 Å². The number of aromatic hydroxyl groups is 1. The molecule has 7 heteroatoms. The number of aliphatic hydroxyl groups excluding tert-OH is 4. The zero-order valence-electron chi connectivity index (χ0n) is 12.7. The van der Waals surface area contributed by atoms with Crippen molar-refractivity contribution in [2.75, 3.05) is 0 Å². The van der Waals surface area contributed by atoms with Crippen molar-refractivity contribution >= 4 is 0 Å². The fourth-order valence-corrected chi connectivity index (χ4v) is 2.88. The van der Waals surface area contributed by atoms with Gasteiger partial charge in [-0.15, -0.1) is 0 Å². The summed E-state index contributed by atoms with van der Waals surface area (Å²) in [7, 11) is 0. The predicted octanol–water partition coefficient (Wildman–Crippen LogP) is -0.0672. The van der Waals surface area contributed by atoms with Gasteiger partial charge >= 0.3 is 0 Å². The Morgan fingerprint density at radius 3 is 2.33 bits per heavy atom. The van der Waals surface area contributed by atoms with E-state index in [9.17, 15) is 30.3 Å². The molecule has 1 aromatic carbocycles. The Bertz CT molecular complexity index is 798. The molecule has 1 aliphatic carbocycles. The molecule has 128 valence electrons. The van der Waals surface area contributed by atoms with Gasteiger partial charge in [-0.25, -0.2) is 0 Å². The van der Waals surface area contributed by atoms with Crippen molar-refractivity contribution in [3.63, 3.8) is 0 Å². The molecule has 7 nitrogen and oxygen atoms in total. The summed E-state index contributed by atoms with van der Waals surface area (Å²) in [5.74, 6) is 0.142. The predicted molar refractivity (Wildman–Crippen MR) is 82.4 cm³/mol. The van der Waals surface area contributed by atoms with Gasteiger partial charge < -0.3 is 29.9 Å². The Balaban J connectivity index is 1.91. The van der Waals surface area contributed by atoms with E-state index in [2.05, 4.69) is 0 Å². The van der Waals surface area contributed by atoms with Gasteiger partial charge in [0.05, 0.1) is 5.56 Å². The number of rotatable bonds is 3. The minimum atomic E-state index is -1.66. The van der Waals surface area contributed by atoms with Gasteiger partial charge in [-0.3, -0.25) is 4.79 Å². The topological polar surface area (TPSA) is 131 Å². The maximum Gasteiger partial charge on any atom is 0.191 e. The summed E-state index contributed by atoms with van der Waals surface area (Å²) in [4.78, 5) is 12.2. The van der Waals surface area contributed by atoms with E-state index in [1.54, 1.807) is 24.3 Å². The first kappa shape index (κ1) is 16.7. The molecule has 5 N–H and O–H groups in total. The largest absolute Gasteiger partial charge is 0.508 e. The van der Waals surface area contributed by atoms with Crippen LogP contribution < -0.4 is 5.43 Å². The van der Waals surface area contributed by atoms with Crippen LogP contribution in [0.3, 0.4) is 0 Å². The third-order valence-corrected chi connectivity index (χ3v) is 4.26. The highest BCUT2D eigenvalue weighted by atomic mass is 16.4. The second kappa shape index (κ2) is 6.37. The van der Waals surface area contributed by atoms with Crippen LogP contribution in [-0.2, 0) is 12.8 Å². The number of aliphatic hydroxyl groups is 4. The fourth-order valence-electron chi connectivity index (χ4n) is 2.88. The van der Waals surface area contributed by atoms with E-state index in [0.717, 1.165) is 0 Å². The molecule has 0 aliphatic heterocycles. The molecule has 3 rings (SSSR count). The van der Waals surface area contributed by atoms with Gasteiger partial charge in [0.2, 0.25) is 0 Å². The number of fused-ring (bicyclic) bond motifs is 1. The lowest BCUT2D eigenvalue weighted by molar-refractivity contribution is -0.128. The third kappa shape index (κ3) is 2.83. The lowest BCUT2D eigenvalue weighted by atomic mass is 9.87. The van der Waals surface area contributed by atoms with E-state index in [1.165, 1.54) is 6.07 Å². The Hall–Kier alpha value is -2.19.